The molecule has 5 nitrogen and oxygen atoms in total. The van der Waals surface area contributed by atoms with E-state index < -0.39 is 0 Å². The van der Waals surface area contributed by atoms with E-state index in [0.29, 0.717) is 18.3 Å². The fourth-order valence-corrected chi connectivity index (χ4v) is 3.89. The van der Waals surface area contributed by atoms with E-state index in [9.17, 15) is 4.79 Å². The number of carbonyl (C=O) groups excluding carboxylic acids is 1. The van der Waals surface area contributed by atoms with Crippen LogP contribution in [0.3, 0.4) is 0 Å². The molecule has 0 saturated heterocycles. The van der Waals surface area contributed by atoms with Crippen LogP contribution in [0.25, 0.3) is 11.3 Å². The van der Waals surface area contributed by atoms with Gasteiger partial charge in [-0.2, -0.15) is 0 Å². The highest BCUT2D eigenvalue weighted by atomic mass is 35.5. The summed E-state index contributed by atoms with van der Waals surface area (Å²) in [6.07, 6.45) is 3.96. The number of pyridine rings is 1. The number of benzene rings is 1. The molecular formula is C20H25Cl2N3O2. The van der Waals surface area contributed by atoms with Crippen molar-refractivity contribution >= 4 is 36.5 Å². The van der Waals surface area contributed by atoms with Crippen molar-refractivity contribution in [1.29, 1.82) is 0 Å². The predicted molar refractivity (Wildman–Crippen MR) is 112 cm³/mol. The van der Waals surface area contributed by atoms with Crippen molar-refractivity contribution in [3.63, 3.8) is 0 Å². The first-order chi connectivity index (χ1) is 12.2. The molecule has 4 rings (SSSR count). The van der Waals surface area contributed by atoms with Crippen LogP contribution in [0.2, 0.25) is 0 Å². The molecule has 1 fully saturated rings. The summed E-state index contributed by atoms with van der Waals surface area (Å²) in [5, 5.41) is 2.98. The van der Waals surface area contributed by atoms with Crippen LogP contribution in [0, 0.1) is 11.8 Å². The average molecular weight is 410 g/mol. The molecule has 1 aliphatic carbocycles. The van der Waals surface area contributed by atoms with Crippen LogP contribution in [0.1, 0.15) is 24.8 Å². The molecule has 2 aliphatic rings. The molecule has 146 valence electrons. The van der Waals surface area contributed by atoms with Gasteiger partial charge in [-0.05, 0) is 61.2 Å². The van der Waals surface area contributed by atoms with Crippen molar-refractivity contribution in [1.82, 2.24) is 4.98 Å². The third-order valence-electron chi connectivity index (χ3n) is 5.28. The Morgan fingerprint density at radius 3 is 2.89 bits per heavy atom. The first kappa shape index (κ1) is 21.5. The van der Waals surface area contributed by atoms with Crippen LogP contribution < -0.4 is 15.8 Å². The second kappa shape index (κ2) is 9.40. The Bertz CT molecular complexity index is 801. The lowest BCUT2D eigenvalue weighted by Gasteiger charge is -2.17. The van der Waals surface area contributed by atoms with E-state index in [2.05, 4.69) is 16.4 Å². The van der Waals surface area contributed by atoms with Gasteiger partial charge < -0.3 is 15.8 Å². The minimum Gasteiger partial charge on any atom is -0.493 e. The highest BCUT2D eigenvalue weighted by Crippen LogP contribution is 2.32. The lowest BCUT2D eigenvalue weighted by molar-refractivity contribution is -0.120. The molecule has 3 N–H and O–H groups in total. The summed E-state index contributed by atoms with van der Waals surface area (Å²) in [7, 11) is 0. The molecule has 0 spiro atoms. The number of hydrogen-bond acceptors (Lipinski definition) is 4. The molecule has 0 radical (unpaired) electrons. The van der Waals surface area contributed by atoms with Crippen molar-refractivity contribution in [3.8, 4) is 17.0 Å². The minimum atomic E-state index is 0. The zero-order chi connectivity index (χ0) is 17.2. The van der Waals surface area contributed by atoms with Crippen LogP contribution in [0.15, 0.2) is 36.4 Å². The molecule has 7 heteroatoms. The number of amides is 1. The number of aromatic nitrogens is 1. The largest absolute Gasteiger partial charge is 0.493 e. The fourth-order valence-electron chi connectivity index (χ4n) is 3.89. The molecule has 1 saturated carbocycles. The molecule has 1 amide bonds. The van der Waals surface area contributed by atoms with Crippen LogP contribution in [0.5, 0.6) is 5.75 Å². The third-order valence-corrected chi connectivity index (χ3v) is 5.28. The lowest BCUT2D eigenvalue weighted by atomic mass is 9.95. The highest BCUT2D eigenvalue weighted by Gasteiger charge is 2.32. The number of nitrogens with zero attached hydrogens (tertiary/aromatic N) is 1. The molecular weight excluding hydrogens is 385 g/mol. The minimum absolute atomic E-state index is 0. The molecule has 1 aromatic heterocycles. The van der Waals surface area contributed by atoms with Crippen LogP contribution in [-0.2, 0) is 11.2 Å². The fraction of sp³-hybridized carbons (Fsp3) is 0.400. The van der Waals surface area contributed by atoms with Gasteiger partial charge in [-0.3, -0.25) is 4.79 Å². The van der Waals surface area contributed by atoms with Crippen LogP contribution >= 0.6 is 24.8 Å². The number of fused-ring (bicyclic) bond motifs is 1. The maximum absolute atomic E-state index is 12.6. The predicted octanol–water partition coefficient (Wildman–Crippen LogP) is 3.84. The van der Waals surface area contributed by atoms with Gasteiger partial charge in [0.25, 0.3) is 0 Å². The Labute approximate surface area is 171 Å². The average Bonchev–Trinajstić information content (AvgIpc) is 3.30. The Hall–Kier alpha value is -1.82. The Morgan fingerprint density at radius 2 is 2.07 bits per heavy atom. The standard InChI is InChI=1S/C20H23N3O2.2ClH/c21-12-15-3-1-4-16(15)20(24)23-19-6-2-5-17(22-19)13-7-8-18-14(11-13)9-10-25-18;;/h2,5-8,11,15-16H,1,3-4,9-10,12,21H2,(H,22,23,24);2*1H/t15-,16-;;/m1../s1. The van der Waals surface area contributed by atoms with E-state index in [4.69, 9.17) is 10.5 Å². The SMILES string of the molecule is Cl.Cl.NC[C@H]1CCC[C@H]1C(=O)Nc1cccc(-c2ccc3c(c2)CCO3)n1. The molecule has 2 atom stereocenters. The zero-order valence-electron chi connectivity index (χ0n) is 15.0. The summed E-state index contributed by atoms with van der Waals surface area (Å²) in [5.41, 5.74) is 8.91. The molecule has 1 aliphatic heterocycles. The first-order valence-electron chi connectivity index (χ1n) is 8.98. The van der Waals surface area contributed by atoms with Gasteiger partial charge in [-0.1, -0.05) is 12.5 Å². The van der Waals surface area contributed by atoms with Crippen molar-refractivity contribution in [2.24, 2.45) is 17.6 Å². The molecule has 27 heavy (non-hydrogen) atoms. The van der Waals surface area contributed by atoms with E-state index >= 15 is 0 Å². The topological polar surface area (TPSA) is 77.2 Å². The smallest absolute Gasteiger partial charge is 0.228 e. The summed E-state index contributed by atoms with van der Waals surface area (Å²) >= 11 is 0. The van der Waals surface area contributed by atoms with Gasteiger partial charge in [0.2, 0.25) is 5.91 Å². The number of halogens is 2. The van der Waals surface area contributed by atoms with Crippen molar-refractivity contribution < 1.29 is 9.53 Å². The Morgan fingerprint density at radius 1 is 1.22 bits per heavy atom. The van der Waals surface area contributed by atoms with Crippen LogP contribution in [-0.4, -0.2) is 24.0 Å². The summed E-state index contributed by atoms with van der Waals surface area (Å²) in [5.74, 6) is 1.90. The second-order valence-electron chi connectivity index (χ2n) is 6.85. The zero-order valence-corrected chi connectivity index (χ0v) is 16.7. The van der Waals surface area contributed by atoms with Gasteiger partial charge in [0.15, 0.2) is 0 Å². The van der Waals surface area contributed by atoms with Gasteiger partial charge in [0.05, 0.1) is 12.3 Å². The summed E-state index contributed by atoms with van der Waals surface area (Å²) in [4.78, 5) is 17.2. The Balaban J connectivity index is 0.00000131. The van der Waals surface area contributed by atoms with Crippen LogP contribution in [0.4, 0.5) is 5.82 Å². The molecule has 0 unspecified atom stereocenters. The number of nitrogens with two attached hydrogens (primary N) is 1. The number of hydrogen-bond donors (Lipinski definition) is 2. The molecule has 1 aromatic carbocycles. The lowest BCUT2D eigenvalue weighted by Crippen LogP contribution is -2.30. The molecule has 0 bridgehead atoms. The summed E-state index contributed by atoms with van der Waals surface area (Å²) in [6, 6.07) is 11.9. The van der Waals surface area contributed by atoms with Gasteiger partial charge >= 0.3 is 0 Å². The summed E-state index contributed by atoms with van der Waals surface area (Å²) in [6.45, 7) is 1.31. The van der Waals surface area contributed by atoms with E-state index in [1.807, 2.05) is 30.3 Å². The van der Waals surface area contributed by atoms with Gasteiger partial charge in [-0.15, -0.1) is 24.8 Å². The van der Waals surface area contributed by atoms with Gasteiger partial charge in [-0.25, -0.2) is 4.98 Å². The van der Waals surface area contributed by atoms with E-state index in [1.54, 1.807) is 0 Å². The highest BCUT2D eigenvalue weighted by molar-refractivity contribution is 5.92. The quantitative estimate of drug-likeness (QED) is 0.803. The molecule has 2 heterocycles. The van der Waals surface area contributed by atoms with Crippen molar-refractivity contribution in [2.75, 3.05) is 18.5 Å². The normalized spacial score (nSPS) is 20.0. The number of ether oxygens (including phenoxy) is 1. The Kier molecular flexibility index (Phi) is 7.48. The van der Waals surface area contributed by atoms with Crippen molar-refractivity contribution in [3.05, 3.63) is 42.0 Å². The maximum Gasteiger partial charge on any atom is 0.228 e. The summed E-state index contributed by atoms with van der Waals surface area (Å²) < 4.78 is 5.56. The number of nitrogens with one attached hydrogen (secondary N) is 1. The monoisotopic (exact) mass is 409 g/mol. The number of anilines is 1. The number of carbonyl (C=O) groups is 1. The second-order valence-corrected chi connectivity index (χ2v) is 6.85. The third kappa shape index (κ3) is 4.54. The van der Waals surface area contributed by atoms with E-state index in [1.165, 1.54) is 5.56 Å². The first-order valence-corrected chi connectivity index (χ1v) is 8.98. The van der Waals surface area contributed by atoms with E-state index in [-0.39, 0.29) is 36.6 Å². The number of rotatable bonds is 4. The van der Waals surface area contributed by atoms with E-state index in [0.717, 1.165) is 49.3 Å². The van der Waals surface area contributed by atoms with Gasteiger partial charge in [0, 0.05) is 17.9 Å². The van der Waals surface area contributed by atoms with Crippen molar-refractivity contribution in [2.45, 2.75) is 25.7 Å². The van der Waals surface area contributed by atoms with Gasteiger partial charge in [0.1, 0.15) is 11.6 Å². The maximum atomic E-state index is 12.6. The molecule has 2 aromatic rings.